The minimum absolute atomic E-state index is 0.0125. The molecule has 6 rings (SSSR count). The average molecular weight is 631 g/mol. The smallest absolute Gasteiger partial charge is 0.283 e. The Kier molecular flexibility index (Phi) is 8.12. The lowest BCUT2D eigenvalue weighted by molar-refractivity contribution is -0.136. The van der Waals surface area contributed by atoms with Gasteiger partial charge in [-0.05, 0) is 31.3 Å². The third-order valence-electron chi connectivity index (χ3n) is 8.20. The number of oxime groups is 1. The predicted octanol–water partition coefficient (Wildman–Crippen LogP) is 0.471. The maximum absolute atomic E-state index is 13.9. The van der Waals surface area contributed by atoms with Gasteiger partial charge in [-0.15, -0.1) is 11.3 Å². The molecule has 2 saturated heterocycles. The molecule has 2 fully saturated rings. The van der Waals surface area contributed by atoms with Crippen LogP contribution in [0.5, 0.6) is 0 Å². The summed E-state index contributed by atoms with van der Waals surface area (Å²) in [5, 5.41) is 12.9. The number of hydrogen-bond acceptors (Lipinski definition) is 10. The van der Waals surface area contributed by atoms with Crippen molar-refractivity contribution in [2.24, 2.45) is 10.9 Å². The first-order valence-electron chi connectivity index (χ1n) is 14.1. The van der Waals surface area contributed by atoms with Crippen LogP contribution in [-0.2, 0) is 32.5 Å². The highest BCUT2D eigenvalue weighted by Crippen LogP contribution is 2.29. The Bertz CT molecular complexity index is 1680. The first-order valence-corrected chi connectivity index (χ1v) is 16.3. The topological polar surface area (TPSA) is 178 Å². The minimum Gasteiger partial charge on any atom is -0.409 e. The van der Waals surface area contributed by atoms with Gasteiger partial charge < -0.3 is 35.4 Å². The predicted molar refractivity (Wildman–Crippen MR) is 159 cm³/mol. The molecular weight excluding hydrogens is 596 g/mol. The quantitative estimate of drug-likeness (QED) is 0.151. The van der Waals surface area contributed by atoms with Gasteiger partial charge in [0.15, 0.2) is 10.8 Å². The van der Waals surface area contributed by atoms with Crippen molar-refractivity contribution < 1.29 is 28.0 Å². The Labute approximate surface area is 252 Å². The van der Waals surface area contributed by atoms with E-state index in [9.17, 15) is 18.0 Å². The van der Waals surface area contributed by atoms with Crippen molar-refractivity contribution in [1.82, 2.24) is 29.0 Å². The molecule has 0 aliphatic carbocycles. The summed E-state index contributed by atoms with van der Waals surface area (Å²) in [4.78, 5) is 41.3. The van der Waals surface area contributed by atoms with Crippen LogP contribution >= 0.6 is 11.3 Å². The van der Waals surface area contributed by atoms with E-state index in [2.05, 4.69) is 20.0 Å². The van der Waals surface area contributed by atoms with E-state index < -0.39 is 16.1 Å². The van der Waals surface area contributed by atoms with Gasteiger partial charge >= 0.3 is 0 Å². The van der Waals surface area contributed by atoms with E-state index in [0.29, 0.717) is 47.8 Å². The summed E-state index contributed by atoms with van der Waals surface area (Å²) in [7, 11) is -1.98. The Hall–Kier alpha value is -3.57. The Morgan fingerprint density at radius 3 is 2.74 bits per heavy atom. The maximum atomic E-state index is 13.9. The second kappa shape index (κ2) is 11.8. The third-order valence-corrected chi connectivity index (χ3v) is 11.1. The zero-order valence-electron chi connectivity index (χ0n) is 23.7. The number of H-pyrrole nitrogens is 1. The normalized spacial score (nSPS) is 20.9. The highest BCUT2D eigenvalue weighted by Gasteiger charge is 2.40. The number of benzene rings is 1. The van der Waals surface area contributed by atoms with E-state index in [0.717, 1.165) is 30.1 Å². The summed E-state index contributed by atoms with van der Waals surface area (Å²) in [6, 6.07) is 5.74. The van der Waals surface area contributed by atoms with Gasteiger partial charge in [0.2, 0.25) is 5.91 Å². The van der Waals surface area contributed by atoms with Gasteiger partial charge in [0.05, 0.1) is 24.9 Å². The number of amides is 2. The van der Waals surface area contributed by atoms with Crippen LogP contribution in [0.15, 0.2) is 34.4 Å². The molecule has 0 spiro atoms. The molecule has 2 amide bonds. The third kappa shape index (κ3) is 5.84. The Morgan fingerprint density at radius 2 is 1.98 bits per heavy atom. The number of hydrogen-bond donors (Lipinski definition) is 3. The number of morpholine rings is 1. The molecule has 0 bridgehead atoms. The van der Waals surface area contributed by atoms with Crippen molar-refractivity contribution in [2.45, 2.75) is 30.5 Å². The molecular formula is C27H34N8O6S2. The molecule has 1 unspecified atom stereocenters. The van der Waals surface area contributed by atoms with E-state index in [-0.39, 0.29) is 48.7 Å². The highest BCUT2D eigenvalue weighted by atomic mass is 32.2. The molecule has 3 aliphatic rings. The van der Waals surface area contributed by atoms with E-state index in [1.165, 1.54) is 21.7 Å². The summed E-state index contributed by atoms with van der Waals surface area (Å²) in [6.45, 7) is 3.54. The molecule has 5 heterocycles. The Morgan fingerprint density at radius 1 is 1.19 bits per heavy atom. The van der Waals surface area contributed by atoms with Crippen molar-refractivity contribution in [3.05, 3.63) is 45.4 Å². The molecule has 4 N–H and O–H groups in total. The van der Waals surface area contributed by atoms with E-state index >= 15 is 0 Å². The number of ether oxygens (including phenoxy) is 1. The molecule has 230 valence electrons. The zero-order chi connectivity index (χ0) is 30.3. The number of nitrogens with zero attached hydrogens (tertiary/aromatic N) is 6. The number of fused-ring (bicyclic) bond motifs is 2. The van der Waals surface area contributed by atoms with Gasteiger partial charge in [0.25, 0.3) is 15.9 Å². The molecule has 2 aromatic heterocycles. The van der Waals surface area contributed by atoms with Crippen LogP contribution in [0.1, 0.15) is 32.4 Å². The van der Waals surface area contributed by atoms with Crippen LogP contribution < -0.4 is 5.73 Å². The van der Waals surface area contributed by atoms with Gasteiger partial charge in [-0.2, -0.15) is 4.31 Å². The van der Waals surface area contributed by atoms with Gasteiger partial charge in [-0.3, -0.25) is 9.59 Å². The average Bonchev–Trinajstić information content (AvgIpc) is 3.65. The van der Waals surface area contributed by atoms with E-state index in [4.69, 9.17) is 15.7 Å². The molecule has 0 radical (unpaired) electrons. The Balaban J connectivity index is 1.27. The molecule has 14 nitrogen and oxygen atoms in total. The lowest BCUT2D eigenvalue weighted by Crippen LogP contribution is -2.58. The van der Waals surface area contributed by atoms with Gasteiger partial charge in [0.1, 0.15) is 5.03 Å². The number of amidine groups is 1. The number of nitrogens with one attached hydrogen (secondary N) is 1. The number of carbonyl (C=O) groups excluding carboxylic acids is 2. The summed E-state index contributed by atoms with van der Waals surface area (Å²) >= 11 is 1.37. The van der Waals surface area contributed by atoms with Crippen LogP contribution in [0, 0.1) is 0 Å². The monoisotopic (exact) mass is 630 g/mol. The fourth-order valence-electron chi connectivity index (χ4n) is 5.77. The first-order chi connectivity index (χ1) is 20.6. The second-order valence-corrected chi connectivity index (χ2v) is 14.0. The standard InChI is InChI=1S/C27H34N8O6S2/c1-32-5-4-21-22(16-32)42-26(30-21)27(37)35-7-6-34(15-19(35)14-24(36)33-8-10-41-11-9-33)43(39,40)23-13-18-12-17(25(28)31-38)2-3-20(18)29-23/h2-3,12-13,19,29,38H,4-11,14-16H2,1H3,(H2,28,31). The number of nitrogens with two attached hydrogens (primary N) is 1. The van der Waals surface area contributed by atoms with Crippen molar-refractivity contribution >= 4 is 49.9 Å². The number of likely N-dealkylation sites (N-methyl/N-ethyl adjacent to an activating group) is 1. The van der Waals surface area contributed by atoms with E-state index in [1.807, 2.05) is 7.05 Å². The number of thiazole rings is 1. The first kappa shape index (κ1) is 29.5. The van der Waals surface area contributed by atoms with Crippen LogP contribution in [0.25, 0.3) is 10.9 Å². The van der Waals surface area contributed by atoms with E-state index in [1.54, 1.807) is 28.0 Å². The second-order valence-electron chi connectivity index (χ2n) is 11.0. The molecule has 0 saturated carbocycles. The van der Waals surface area contributed by atoms with Gasteiger partial charge in [0, 0.05) is 80.0 Å². The van der Waals surface area contributed by atoms with Crippen LogP contribution in [0.4, 0.5) is 0 Å². The molecule has 1 aromatic carbocycles. The molecule has 1 atom stereocenters. The van der Waals surface area contributed by atoms with Crippen LogP contribution in [0.2, 0.25) is 0 Å². The molecule has 16 heteroatoms. The summed E-state index contributed by atoms with van der Waals surface area (Å²) in [5.41, 5.74) is 7.65. The number of sulfonamides is 1. The van der Waals surface area contributed by atoms with Crippen molar-refractivity contribution in [3.63, 3.8) is 0 Å². The number of aromatic amines is 1. The SMILES string of the molecule is CN1CCc2nc(C(=O)N3CCN(S(=O)(=O)c4cc5cc(C(N)=NO)ccc5[nH]4)CC3CC(=O)N3CCOCC3)sc2C1. The minimum atomic E-state index is -4.01. The van der Waals surface area contributed by atoms with Crippen molar-refractivity contribution in [3.8, 4) is 0 Å². The fraction of sp³-hybridized carbons (Fsp3) is 0.481. The van der Waals surface area contributed by atoms with Crippen molar-refractivity contribution in [1.29, 1.82) is 0 Å². The number of piperazine rings is 1. The van der Waals surface area contributed by atoms with Crippen LogP contribution in [-0.4, -0.2) is 126 Å². The lowest BCUT2D eigenvalue weighted by atomic mass is 10.1. The lowest BCUT2D eigenvalue weighted by Gasteiger charge is -2.41. The largest absolute Gasteiger partial charge is 0.409 e. The number of aromatic nitrogens is 2. The molecule has 43 heavy (non-hydrogen) atoms. The van der Waals surface area contributed by atoms with Crippen LogP contribution in [0.3, 0.4) is 0 Å². The summed E-state index contributed by atoms with van der Waals surface area (Å²) in [5.74, 6) is -0.513. The van der Waals surface area contributed by atoms with Crippen molar-refractivity contribution in [2.75, 3.05) is 59.5 Å². The molecule has 3 aromatic rings. The van der Waals surface area contributed by atoms with Gasteiger partial charge in [-0.25, -0.2) is 13.4 Å². The molecule has 3 aliphatic heterocycles. The fourth-order valence-corrected chi connectivity index (χ4v) is 8.40. The highest BCUT2D eigenvalue weighted by molar-refractivity contribution is 7.89. The maximum Gasteiger partial charge on any atom is 0.283 e. The summed E-state index contributed by atoms with van der Waals surface area (Å²) in [6.07, 6.45) is 0.757. The summed E-state index contributed by atoms with van der Waals surface area (Å²) < 4.78 is 34.4. The van der Waals surface area contributed by atoms with Gasteiger partial charge in [-0.1, -0.05) is 5.16 Å². The zero-order valence-corrected chi connectivity index (χ0v) is 25.4. The number of carbonyl (C=O) groups is 2. The number of rotatable bonds is 6.